The second-order valence-electron chi connectivity index (χ2n) is 7.11. The highest BCUT2D eigenvalue weighted by molar-refractivity contribution is 5.69. The molecule has 5 atom stereocenters. The fourth-order valence-corrected chi connectivity index (χ4v) is 3.12. The first-order valence-electron chi connectivity index (χ1n) is 9.79. The molecule has 1 aromatic rings. The number of benzene rings is 1. The van der Waals surface area contributed by atoms with Crippen LogP contribution in [0.15, 0.2) is 24.3 Å². The Morgan fingerprint density at radius 2 is 1.59 bits per heavy atom. The first-order chi connectivity index (χ1) is 15.8. The monoisotopic (exact) mass is 485 g/mol. The van der Waals surface area contributed by atoms with Gasteiger partial charge in [0.2, 0.25) is 18.5 Å². The Labute approximate surface area is 192 Å². The Bertz CT molecular complexity index is 946. The largest absolute Gasteiger partial charge is 0.463 e. The molecule has 0 saturated carbocycles. The molecule has 14 heteroatoms. The van der Waals surface area contributed by atoms with Gasteiger partial charge in [0.25, 0.3) is 11.5 Å². The van der Waals surface area contributed by atoms with E-state index in [1.165, 1.54) is 12.1 Å². The topological polar surface area (TPSA) is 187 Å². The van der Waals surface area contributed by atoms with Crippen LogP contribution in [0.5, 0.6) is 5.75 Å². The van der Waals surface area contributed by atoms with Gasteiger partial charge >= 0.3 is 23.9 Å². The van der Waals surface area contributed by atoms with Crippen LogP contribution in [-0.4, -0.2) is 70.9 Å². The van der Waals surface area contributed by atoms with Crippen LogP contribution in [0.25, 0.3) is 0 Å². The number of hydrogen-bond donors (Lipinski definition) is 1. The van der Waals surface area contributed by atoms with E-state index in [-0.39, 0.29) is 11.4 Å². The lowest BCUT2D eigenvalue weighted by Gasteiger charge is -2.48. The molecule has 0 spiro atoms. The third-order valence-corrected chi connectivity index (χ3v) is 4.37. The van der Waals surface area contributed by atoms with Gasteiger partial charge in [0.05, 0.1) is 4.92 Å². The summed E-state index contributed by atoms with van der Waals surface area (Å²) in [5.74, 6) is -6.39. The molecule has 1 aromatic carbocycles. The van der Waals surface area contributed by atoms with Gasteiger partial charge in [0.1, 0.15) is 12.4 Å². The van der Waals surface area contributed by atoms with E-state index < -0.39 is 65.8 Å². The van der Waals surface area contributed by atoms with Crippen LogP contribution in [0.1, 0.15) is 27.7 Å². The van der Waals surface area contributed by atoms with Crippen molar-refractivity contribution in [3.8, 4) is 5.75 Å². The van der Waals surface area contributed by atoms with Crippen molar-refractivity contribution < 1.29 is 57.6 Å². The summed E-state index contributed by atoms with van der Waals surface area (Å²) in [6, 6.07) is 4.71. The number of aliphatic hydroxyl groups is 1. The van der Waals surface area contributed by atoms with Crippen molar-refractivity contribution in [1.29, 1.82) is 0 Å². The van der Waals surface area contributed by atoms with Gasteiger partial charge in [-0.25, -0.2) is 0 Å². The SMILES string of the molecule is CC(=O)OC[C@H]1O[C@@H](Oc2ccc([N+](=O)[O-])cc2)[C@@H](OC(C)=O)[C@@H](OC(C)=O)[C@@]1(O)OC(C)=O. The van der Waals surface area contributed by atoms with E-state index in [0.717, 1.165) is 39.8 Å². The predicted molar refractivity (Wildman–Crippen MR) is 107 cm³/mol. The summed E-state index contributed by atoms with van der Waals surface area (Å²) >= 11 is 0. The standard InChI is InChI=1S/C20H23NO13/c1-10(22)29-9-16-20(26,34-13(4)25)18(31-12(3)24)17(30-11(2)23)19(33-16)32-15-7-5-14(6-8-15)21(27)28/h5-8,16-19,26H,9H2,1-4H3/t16-,17+,18-,19-,20+/m1/s1. The molecule has 0 aliphatic carbocycles. The van der Waals surface area contributed by atoms with Gasteiger partial charge in [-0.3, -0.25) is 29.3 Å². The van der Waals surface area contributed by atoms with Gasteiger partial charge in [-0.05, 0) is 12.1 Å². The minimum absolute atomic E-state index is 0.0125. The van der Waals surface area contributed by atoms with Crippen molar-refractivity contribution in [2.24, 2.45) is 0 Å². The van der Waals surface area contributed by atoms with Crippen LogP contribution in [0.3, 0.4) is 0 Å². The molecule has 1 N–H and O–H groups in total. The van der Waals surface area contributed by atoms with Gasteiger partial charge in [0, 0.05) is 39.8 Å². The highest BCUT2D eigenvalue weighted by atomic mass is 16.8. The lowest BCUT2D eigenvalue weighted by atomic mass is 9.94. The summed E-state index contributed by atoms with van der Waals surface area (Å²) in [4.78, 5) is 56.9. The van der Waals surface area contributed by atoms with Crippen molar-refractivity contribution in [3.63, 3.8) is 0 Å². The van der Waals surface area contributed by atoms with Crippen LogP contribution in [0.4, 0.5) is 5.69 Å². The van der Waals surface area contributed by atoms with Crippen LogP contribution >= 0.6 is 0 Å². The van der Waals surface area contributed by atoms with Crippen molar-refractivity contribution in [1.82, 2.24) is 0 Å². The maximum absolute atomic E-state index is 11.8. The number of carbonyl (C=O) groups excluding carboxylic acids is 4. The normalized spacial score (nSPS) is 26.0. The minimum atomic E-state index is -2.76. The van der Waals surface area contributed by atoms with E-state index in [1.54, 1.807) is 0 Å². The number of carbonyl (C=O) groups is 4. The maximum atomic E-state index is 11.8. The van der Waals surface area contributed by atoms with Crippen molar-refractivity contribution in [3.05, 3.63) is 34.4 Å². The van der Waals surface area contributed by atoms with E-state index in [0.29, 0.717) is 0 Å². The molecule has 14 nitrogen and oxygen atoms in total. The van der Waals surface area contributed by atoms with Crippen molar-refractivity contribution >= 4 is 29.6 Å². The third-order valence-electron chi connectivity index (χ3n) is 4.37. The number of esters is 4. The van der Waals surface area contributed by atoms with Crippen molar-refractivity contribution in [2.45, 2.75) is 58.1 Å². The molecule has 186 valence electrons. The zero-order valence-corrected chi connectivity index (χ0v) is 18.6. The molecular weight excluding hydrogens is 462 g/mol. The van der Waals surface area contributed by atoms with Gasteiger partial charge in [-0.1, -0.05) is 0 Å². The average molecular weight is 485 g/mol. The highest BCUT2D eigenvalue weighted by Gasteiger charge is 2.63. The summed E-state index contributed by atoms with van der Waals surface area (Å²) in [5, 5.41) is 22.1. The summed E-state index contributed by atoms with van der Waals surface area (Å²) in [6.45, 7) is 3.35. The molecule has 1 saturated heterocycles. The van der Waals surface area contributed by atoms with Crippen LogP contribution in [0.2, 0.25) is 0 Å². The number of hydrogen-bond acceptors (Lipinski definition) is 13. The number of nitro benzene ring substituents is 1. The van der Waals surface area contributed by atoms with E-state index in [1.807, 2.05) is 0 Å². The molecular formula is C20H23NO13. The zero-order valence-electron chi connectivity index (χ0n) is 18.6. The first kappa shape index (κ1) is 26.5. The lowest BCUT2D eigenvalue weighted by Crippen LogP contribution is -2.71. The van der Waals surface area contributed by atoms with Gasteiger partial charge in [-0.15, -0.1) is 0 Å². The number of non-ortho nitro benzene ring substituents is 1. The Hall–Kier alpha value is -3.78. The number of ether oxygens (including phenoxy) is 6. The number of nitro groups is 1. The van der Waals surface area contributed by atoms with Gasteiger partial charge in [0.15, 0.2) is 6.10 Å². The van der Waals surface area contributed by atoms with Crippen molar-refractivity contribution in [2.75, 3.05) is 6.61 Å². The Morgan fingerprint density at radius 3 is 2.06 bits per heavy atom. The molecule has 0 unspecified atom stereocenters. The van der Waals surface area contributed by atoms with E-state index in [9.17, 15) is 34.4 Å². The maximum Gasteiger partial charge on any atom is 0.305 e. The predicted octanol–water partition coefficient (Wildman–Crippen LogP) is 0.377. The second kappa shape index (κ2) is 10.9. The third kappa shape index (κ3) is 6.62. The second-order valence-corrected chi connectivity index (χ2v) is 7.11. The lowest BCUT2D eigenvalue weighted by molar-refractivity contribution is -0.385. The zero-order chi connectivity index (χ0) is 25.6. The van der Waals surface area contributed by atoms with Crippen LogP contribution in [0, 0.1) is 10.1 Å². The molecule has 1 heterocycles. The summed E-state index contributed by atoms with van der Waals surface area (Å²) in [6.07, 6.45) is -6.84. The molecule has 34 heavy (non-hydrogen) atoms. The molecule has 0 amide bonds. The van der Waals surface area contributed by atoms with E-state index in [4.69, 9.17) is 28.4 Å². The quantitative estimate of drug-likeness (QED) is 0.175. The van der Waals surface area contributed by atoms with Gasteiger partial charge in [-0.2, -0.15) is 0 Å². The molecule has 2 rings (SSSR count). The molecule has 1 aliphatic rings. The number of nitrogens with zero attached hydrogens (tertiary/aromatic N) is 1. The minimum Gasteiger partial charge on any atom is -0.463 e. The smallest absolute Gasteiger partial charge is 0.305 e. The number of rotatable bonds is 8. The Morgan fingerprint density at radius 1 is 1.00 bits per heavy atom. The van der Waals surface area contributed by atoms with Gasteiger partial charge < -0.3 is 33.5 Å². The average Bonchev–Trinajstić information content (AvgIpc) is 2.71. The molecule has 0 aromatic heterocycles. The molecule has 0 bridgehead atoms. The Balaban J connectivity index is 2.52. The van der Waals surface area contributed by atoms with Crippen LogP contribution in [-0.2, 0) is 42.9 Å². The molecule has 0 radical (unpaired) electrons. The Kier molecular flexibility index (Phi) is 8.48. The summed E-state index contributed by atoms with van der Waals surface area (Å²) in [5.41, 5.74) is -0.233. The fraction of sp³-hybridized carbons (Fsp3) is 0.500. The first-order valence-corrected chi connectivity index (χ1v) is 9.79. The highest BCUT2D eigenvalue weighted by Crippen LogP contribution is 2.37. The van der Waals surface area contributed by atoms with E-state index >= 15 is 0 Å². The molecule has 1 aliphatic heterocycles. The fourth-order valence-electron chi connectivity index (χ4n) is 3.12. The summed E-state index contributed by atoms with van der Waals surface area (Å²) in [7, 11) is 0. The van der Waals surface area contributed by atoms with Crippen LogP contribution < -0.4 is 4.74 Å². The molecule has 1 fully saturated rings. The summed E-state index contributed by atoms with van der Waals surface area (Å²) < 4.78 is 31.5. The van der Waals surface area contributed by atoms with E-state index in [2.05, 4.69) is 0 Å².